The molecule has 0 radical (unpaired) electrons. The fourth-order valence-electron chi connectivity index (χ4n) is 7.43. The summed E-state index contributed by atoms with van der Waals surface area (Å²) in [5, 5.41) is 32.8. The Morgan fingerprint density at radius 3 is 2.38 bits per heavy atom. The van der Waals surface area contributed by atoms with Crippen LogP contribution >= 0.6 is 0 Å². The maximum absolute atomic E-state index is 13.2. The molecule has 4 nitrogen and oxygen atoms in total. The first-order valence-electron chi connectivity index (χ1n) is 9.36. The Morgan fingerprint density at radius 1 is 1.04 bits per heavy atom. The van der Waals surface area contributed by atoms with E-state index in [1.54, 1.807) is 0 Å². The molecule has 8 atom stereocenters. The maximum Gasteiger partial charge on any atom is 0.170 e. The van der Waals surface area contributed by atoms with E-state index in [0.717, 1.165) is 19.3 Å². The molecule has 4 heteroatoms. The summed E-state index contributed by atoms with van der Waals surface area (Å²) in [4.78, 5) is 13.2. The van der Waals surface area contributed by atoms with Gasteiger partial charge in [-0.25, -0.2) is 0 Å². The van der Waals surface area contributed by atoms with Crippen LogP contribution in [0.5, 0.6) is 0 Å². The van der Waals surface area contributed by atoms with Crippen LogP contribution in [0.3, 0.4) is 0 Å². The molecule has 4 aliphatic carbocycles. The molecule has 24 heavy (non-hydrogen) atoms. The van der Waals surface area contributed by atoms with Crippen LogP contribution in [0, 0.1) is 34.0 Å². The van der Waals surface area contributed by atoms with Crippen LogP contribution in [0.1, 0.15) is 52.9 Å². The Kier molecular flexibility index (Phi) is 3.29. The van der Waals surface area contributed by atoms with Crippen LogP contribution in [-0.4, -0.2) is 39.4 Å². The molecular weight excluding hydrogens is 304 g/mol. The van der Waals surface area contributed by atoms with Gasteiger partial charge in [-0.15, -0.1) is 0 Å². The summed E-state index contributed by atoms with van der Waals surface area (Å²) >= 11 is 0. The summed E-state index contributed by atoms with van der Waals surface area (Å²) in [7, 11) is 0. The predicted octanol–water partition coefficient (Wildman–Crippen LogP) is 2.07. The Morgan fingerprint density at radius 2 is 1.71 bits per heavy atom. The molecule has 4 saturated carbocycles. The van der Waals surface area contributed by atoms with Gasteiger partial charge in [0.15, 0.2) is 5.78 Å². The van der Waals surface area contributed by atoms with Crippen molar-refractivity contribution in [1.82, 2.24) is 0 Å². The third-order valence-corrected chi connectivity index (χ3v) is 8.47. The largest absolute Gasteiger partial charge is 0.392 e. The van der Waals surface area contributed by atoms with E-state index < -0.39 is 29.6 Å². The summed E-state index contributed by atoms with van der Waals surface area (Å²) in [6, 6.07) is 0. The highest BCUT2D eigenvalue weighted by molar-refractivity contribution is 6.04. The van der Waals surface area contributed by atoms with Gasteiger partial charge in [0.05, 0.1) is 23.7 Å². The molecule has 4 fully saturated rings. The van der Waals surface area contributed by atoms with Gasteiger partial charge in [0.1, 0.15) is 0 Å². The van der Waals surface area contributed by atoms with E-state index in [2.05, 4.69) is 27.4 Å². The molecule has 1 spiro atoms. The van der Waals surface area contributed by atoms with E-state index >= 15 is 0 Å². The Labute approximate surface area is 144 Å². The number of hydrogen-bond donors (Lipinski definition) is 3. The molecule has 0 saturated heterocycles. The molecule has 8 unspecified atom stereocenters. The first-order chi connectivity index (χ1) is 11.1. The van der Waals surface area contributed by atoms with Gasteiger partial charge in [0.25, 0.3) is 0 Å². The number of carbonyl (C=O) groups excluding carboxylic acids is 1. The zero-order valence-electron chi connectivity index (χ0n) is 15.0. The van der Waals surface area contributed by atoms with E-state index in [4.69, 9.17) is 0 Å². The van der Waals surface area contributed by atoms with Crippen molar-refractivity contribution in [2.75, 3.05) is 0 Å². The molecule has 2 bridgehead atoms. The van der Waals surface area contributed by atoms with Crippen LogP contribution < -0.4 is 0 Å². The third-order valence-electron chi connectivity index (χ3n) is 8.47. The van der Waals surface area contributed by atoms with Gasteiger partial charge in [-0.3, -0.25) is 4.79 Å². The summed E-state index contributed by atoms with van der Waals surface area (Å²) in [5.74, 6) is -0.703. The zero-order valence-corrected chi connectivity index (χ0v) is 15.0. The smallest absolute Gasteiger partial charge is 0.170 e. The molecule has 4 rings (SSSR count). The van der Waals surface area contributed by atoms with Crippen molar-refractivity contribution in [1.29, 1.82) is 0 Å². The first-order valence-corrected chi connectivity index (χ1v) is 9.36. The molecule has 0 aromatic heterocycles. The van der Waals surface area contributed by atoms with Gasteiger partial charge in [-0.1, -0.05) is 33.8 Å². The topological polar surface area (TPSA) is 77.8 Å². The van der Waals surface area contributed by atoms with Crippen molar-refractivity contribution in [2.45, 2.75) is 71.2 Å². The Hall–Kier alpha value is -0.710. The average Bonchev–Trinajstić information content (AvgIpc) is 2.61. The molecule has 0 aromatic carbocycles. The highest BCUT2D eigenvalue weighted by atomic mass is 16.3. The van der Waals surface area contributed by atoms with E-state index in [9.17, 15) is 20.1 Å². The van der Waals surface area contributed by atoms with Gasteiger partial charge in [-0.2, -0.15) is 0 Å². The van der Waals surface area contributed by atoms with Crippen molar-refractivity contribution in [3.8, 4) is 0 Å². The number of aliphatic hydroxyl groups excluding tert-OH is 3. The zero-order chi connectivity index (χ0) is 17.7. The van der Waals surface area contributed by atoms with Crippen molar-refractivity contribution in [3.63, 3.8) is 0 Å². The number of hydrogen-bond acceptors (Lipinski definition) is 4. The molecule has 0 amide bonds. The number of carbonyl (C=O) groups is 1. The minimum atomic E-state index is -1.15. The second-order valence-corrected chi connectivity index (χ2v) is 9.77. The SMILES string of the molecule is C=C1C(=O)C23C(O)CC4C(C)(C)CCCC4(C)C2CC(O)C1C3O. The number of rotatable bonds is 0. The van der Waals surface area contributed by atoms with Crippen molar-refractivity contribution < 1.29 is 20.1 Å². The van der Waals surface area contributed by atoms with Crippen molar-refractivity contribution in [2.24, 2.45) is 34.0 Å². The second-order valence-electron chi connectivity index (χ2n) is 9.77. The van der Waals surface area contributed by atoms with Crippen LogP contribution in [0.15, 0.2) is 12.2 Å². The molecule has 3 N–H and O–H groups in total. The highest BCUT2D eigenvalue weighted by Crippen LogP contribution is 2.70. The van der Waals surface area contributed by atoms with Crippen LogP contribution in [-0.2, 0) is 4.79 Å². The highest BCUT2D eigenvalue weighted by Gasteiger charge is 2.75. The summed E-state index contributed by atoms with van der Waals surface area (Å²) in [6.07, 6.45) is 1.63. The van der Waals surface area contributed by atoms with E-state index in [1.165, 1.54) is 0 Å². The molecule has 0 heterocycles. The van der Waals surface area contributed by atoms with Crippen LogP contribution in [0.4, 0.5) is 0 Å². The maximum atomic E-state index is 13.2. The minimum absolute atomic E-state index is 0.0982. The Bertz CT molecular complexity index is 611. The summed E-state index contributed by atoms with van der Waals surface area (Å²) in [5.41, 5.74) is -0.886. The third kappa shape index (κ3) is 1.63. The van der Waals surface area contributed by atoms with Gasteiger partial charge >= 0.3 is 0 Å². The fraction of sp³-hybridized carbons (Fsp3) is 0.850. The van der Waals surface area contributed by atoms with E-state index in [-0.39, 0.29) is 22.5 Å². The van der Waals surface area contributed by atoms with Gasteiger partial charge in [-0.05, 0) is 53.9 Å². The van der Waals surface area contributed by atoms with E-state index in [1.807, 2.05) is 0 Å². The van der Waals surface area contributed by atoms with E-state index in [0.29, 0.717) is 24.3 Å². The Balaban J connectivity index is 1.90. The number of ketones is 1. The molecular formula is C20H30O4. The first kappa shape index (κ1) is 16.7. The van der Waals surface area contributed by atoms with Crippen molar-refractivity contribution >= 4 is 5.78 Å². The standard InChI is InChI=1S/C20H30O4/c1-10-15-11(21)8-13-19(4)7-5-6-18(2,3)12(19)9-14(22)20(13,16(10)23)17(15)24/h11-15,17,21-22,24H,1,5-9H2,2-4H3. The van der Waals surface area contributed by atoms with Crippen LogP contribution in [0.25, 0.3) is 0 Å². The normalized spacial score (nSPS) is 55.9. The summed E-state index contributed by atoms with van der Waals surface area (Å²) in [6.45, 7) is 10.6. The lowest BCUT2D eigenvalue weighted by Crippen LogP contribution is -2.68. The lowest BCUT2D eigenvalue weighted by Gasteiger charge is -2.65. The van der Waals surface area contributed by atoms with Gasteiger partial charge < -0.3 is 15.3 Å². The fourth-order valence-corrected chi connectivity index (χ4v) is 7.43. The van der Waals surface area contributed by atoms with Crippen LogP contribution in [0.2, 0.25) is 0 Å². The van der Waals surface area contributed by atoms with Gasteiger partial charge in [0.2, 0.25) is 0 Å². The number of aliphatic hydroxyl groups is 3. The molecule has 4 aliphatic rings. The number of fused-ring (bicyclic) bond motifs is 3. The van der Waals surface area contributed by atoms with Crippen molar-refractivity contribution in [3.05, 3.63) is 12.2 Å². The van der Waals surface area contributed by atoms with Gasteiger partial charge in [0, 0.05) is 5.92 Å². The molecule has 0 aromatic rings. The lowest BCUT2D eigenvalue weighted by atomic mass is 9.39. The lowest BCUT2D eigenvalue weighted by molar-refractivity contribution is -0.238. The molecule has 0 aliphatic heterocycles. The quantitative estimate of drug-likeness (QED) is 0.593. The second kappa shape index (κ2) is 4.72. The predicted molar refractivity (Wildman–Crippen MR) is 90.0 cm³/mol. The summed E-state index contributed by atoms with van der Waals surface area (Å²) < 4.78 is 0. The molecule has 134 valence electrons. The number of Topliss-reactive ketones (excluding diaryl/α,β-unsaturated/α-hetero) is 1. The minimum Gasteiger partial charge on any atom is -0.392 e. The monoisotopic (exact) mass is 334 g/mol. The average molecular weight is 334 g/mol.